The lowest BCUT2D eigenvalue weighted by molar-refractivity contribution is -0.225. The van der Waals surface area contributed by atoms with Crippen molar-refractivity contribution in [2.24, 2.45) is 0 Å². The SMILES string of the molecule is CCCCCCCCCCCCCCCCOP(=O)([O-])OCCCCCCCCCCCC. The molecule has 0 spiro atoms. The van der Waals surface area contributed by atoms with Crippen molar-refractivity contribution in [2.75, 3.05) is 13.2 Å². The Balaban J connectivity index is 3.28. The van der Waals surface area contributed by atoms with E-state index in [4.69, 9.17) is 9.05 Å². The number of unbranched alkanes of at least 4 members (excludes halogenated alkanes) is 22. The standard InChI is InChI=1S/C28H59O4P/c1-3-5-7-9-11-13-15-16-17-18-20-22-24-26-28-32-33(29,30)31-27-25-23-21-19-14-12-10-8-6-4-2/h3-28H2,1-2H3,(H,29,30)/p-1. The van der Waals surface area contributed by atoms with Crippen molar-refractivity contribution in [1.82, 2.24) is 0 Å². The Morgan fingerprint density at radius 1 is 0.424 bits per heavy atom. The molecule has 0 radical (unpaired) electrons. The summed E-state index contributed by atoms with van der Waals surface area (Å²) < 4.78 is 21.8. The van der Waals surface area contributed by atoms with Gasteiger partial charge in [-0.15, -0.1) is 0 Å². The van der Waals surface area contributed by atoms with Gasteiger partial charge in [-0.3, -0.25) is 4.57 Å². The molecule has 0 aromatic rings. The lowest BCUT2D eigenvalue weighted by Gasteiger charge is -2.22. The van der Waals surface area contributed by atoms with Gasteiger partial charge in [-0.1, -0.05) is 155 Å². The molecule has 0 aromatic carbocycles. The average Bonchev–Trinajstić information content (AvgIpc) is 2.80. The second kappa shape index (κ2) is 26.7. The van der Waals surface area contributed by atoms with Gasteiger partial charge in [0, 0.05) is 0 Å². The lowest BCUT2D eigenvalue weighted by atomic mass is 10.0. The van der Waals surface area contributed by atoms with Crippen LogP contribution in [0.25, 0.3) is 0 Å². The minimum atomic E-state index is -4.11. The zero-order chi connectivity index (χ0) is 24.3. The van der Waals surface area contributed by atoms with E-state index in [0.29, 0.717) is 0 Å². The van der Waals surface area contributed by atoms with Crippen molar-refractivity contribution in [3.63, 3.8) is 0 Å². The minimum absolute atomic E-state index is 0.260. The highest BCUT2D eigenvalue weighted by molar-refractivity contribution is 7.45. The molecule has 0 saturated heterocycles. The Bertz CT molecular complexity index is 417. The monoisotopic (exact) mass is 489 g/mol. The molecule has 200 valence electrons. The van der Waals surface area contributed by atoms with E-state index in [2.05, 4.69) is 13.8 Å². The minimum Gasteiger partial charge on any atom is -0.756 e. The van der Waals surface area contributed by atoms with E-state index in [-0.39, 0.29) is 13.2 Å². The molecule has 5 heteroatoms. The third-order valence-corrected chi connectivity index (χ3v) is 7.49. The number of phosphoric acid groups is 1. The maximum Gasteiger partial charge on any atom is 0.267 e. The van der Waals surface area contributed by atoms with E-state index >= 15 is 0 Å². The van der Waals surface area contributed by atoms with Crippen LogP contribution >= 0.6 is 7.82 Å². The third-order valence-electron chi connectivity index (χ3n) is 6.49. The number of hydrogen-bond acceptors (Lipinski definition) is 4. The normalized spacial score (nSPS) is 13.4. The third kappa shape index (κ3) is 28.2. The van der Waals surface area contributed by atoms with Gasteiger partial charge in [0.15, 0.2) is 0 Å². The summed E-state index contributed by atoms with van der Waals surface area (Å²) >= 11 is 0. The maximum atomic E-state index is 11.8. The van der Waals surface area contributed by atoms with Crippen LogP contribution in [0.1, 0.15) is 168 Å². The quantitative estimate of drug-likeness (QED) is 0.0810. The maximum absolute atomic E-state index is 11.8. The fourth-order valence-corrected chi connectivity index (χ4v) is 5.06. The van der Waals surface area contributed by atoms with E-state index in [9.17, 15) is 9.46 Å². The molecule has 33 heavy (non-hydrogen) atoms. The lowest BCUT2D eigenvalue weighted by Crippen LogP contribution is -2.10. The van der Waals surface area contributed by atoms with Crippen LogP contribution in [-0.2, 0) is 13.6 Å². The van der Waals surface area contributed by atoms with E-state index in [1.54, 1.807) is 0 Å². The Kier molecular flexibility index (Phi) is 26.8. The van der Waals surface area contributed by atoms with Crippen molar-refractivity contribution in [1.29, 1.82) is 0 Å². The fourth-order valence-electron chi connectivity index (χ4n) is 4.28. The fraction of sp³-hybridized carbons (Fsp3) is 1.00. The van der Waals surface area contributed by atoms with E-state index < -0.39 is 7.82 Å². The first-order valence-corrected chi connectivity index (χ1v) is 16.2. The van der Waals surface area contributed by atoms with Crippen molar-refractivity contribution in [2.45, 2.75) is 168 Å². The highest BCUT2D eigenvalue weighted by atomic mass is 31.2. The van der Waals surface area contributed by atoms with Gasteiger partial charge < -0.3 is 13.9 Å². The van der Waals surface area contributed by atoms with Crippen LogP contribution < -0.4 is 4.89 Å². The van der Waals surface area contributed by atoms with Gasteiger partial charge in [0.05, 0.1) is 13.2 Å². The number of hydrogen-bond donors (Lipinski definition) is 0. The van der Waals surface area contributed by atoms with Gasteiger partial charge in [-0.25, -0.2) is 0 Å². The summed E-state index contributed by atoms with van der Waals surface area (Å²) in [6.07, 6.45) is 30.3. The zero-order valence-electron chi connectivity index (χ0n) is 22.5. The molecule has 0 heterocycles. The molecule has 0 aliphatic heterocycles. The van der Waals surface area contributed by atoms with Gasteiger partial charge in [0.1, 0.15) is 0 Å². The molecule has 4 nitrogen and oxygen atoms in total. The summed E-state index contributed by atoms with van der Waals surface area (Å²) in [6.45, 7) is 5.03. The molecular weight excluding hydrogens is 431 g/mol. The van der Waals surface area contributed by atoms with E-state index in [1.165, 1.54) is 128 Å². The molecule has 0 rings (SSSR count). The van der Waals surface area contributed by atoms with Gasteiger partial charge in [-0.2, -0.15) is 0 Å². The van der Waals surface area contributed by atoms with Crippen molar-refractivity contribution >= 4 is 7.82 Å². The van der Waals surface area contributed by atoms with Crippen LogP contribution in [0.3, 0.4) is 0 Å². The summed E-state index contributed by atoms with van der Waals surface area (Å²) in [5.74, 6) is 0. The highest BCUT2D eigenvalue weighted by Crippen LogP contribution is 2.38. The highest BCUT2D eigenvalue weighted by Gasteiger charge is 2.08. The Morgan fingerprint density at radius 2 is 0.636 bits per heavy atom. The molecule has 0 N–H and O–H groups in total. The molecule has 0 aliphatic rings. The van der Waals surface area contributed by atoms with Crippen LogP contribution in [0.4, 0.5) is 0 Å². The summed E-state index contributed by atoms with van der Waals surface area (Å²) in [4.78, 5) is 11.8. The predicted molar refractivity (Wildman–Crippen MR) is 142 cm³/mol. The van der Waals surface area contributed by atoms with Crippen LogP contribution in [0.15, 0.2) is 0 Å². The number of rotatable bonds is 28. The number of phosphoric ester groups is 1. The van der Waals surface area contributed by atoms with Gasteiger partial charge in [-0.05, 0) is 12.8 Å². The molecule has 0 aliphatic carbocycles. The average molecular weight is 490 g/mol. The van der Waals surface area contributed by atoms with E-state index in [0.717, 1.165) is 25.7 Å². The Labute approximate surface area is 207 Å². The molecule has 1 unspecified atom stereocenters. The molecular formula is C28H58O4P-. The molecule has 0 saturated carbocycles. The largest absolute Gasteiger partial charge is 0.756 e. The van der Waals surface area contributed by atoms with Crippen molar-refractivity contribution in [3.05, 3.63) is 0 Å². The summed E-state index contributed by atoms with van der Waals surface area (Å²) in [6, 6.07) is 0. The summed E-state index contributed by atoms with van der Waals surface area (Å²) in [7, 11) is -4.11. The first-order chi connectivity index (χ1) is 16.1. The predicted octanol–water partition coefficient (Wildman–Crippen LogP) is 9.89. The van der Waals surface area contributed by atoms with Gasteiger partial charge in [0.2, 0.25) is 0 Å². The van der Waals surface area contributed by atoms with E-state index in [1.807, 2.05) is 0 Å². The van der Waals surface area contributed by atoms with Crippen LogP contribution in [0.5, 0.6) is 0 Å². The Hall–Kier alpha value is 0.110. The second-order valence-corrected chi connectivity index (χ2v) is 11.3. The summed E-state index contributed by atoms with van der Waals surface area (Å²) in [5.41, 5.74) is 0. The molecule has 0 bridgehead atoms. The van der Waals surface area contributed by atoms with Gasteiger partial charge in [0.25, 0.3) is 7.82 Å². The van der Waals surface area contributed by atoms with Crippen LogP contribution in [0, 0.1) is 0 Å². The molecule has 0 aromatic heterocycles. The van der Waals surface area contributed by atoms with Crippen LogP contribution in [0.2, 0.25) is 0 Å². The molecule has 1 atom stereocenters. The van der Waals surface area contributed by atoms with Crippen LogP contribution in [-0.4, -0.2) is 13.2 Å². The molecule has 0 amide bonds. The summed E-state index contributed by atoms with van der Waals surface area (Å²) in [5, 5.41) is 0. The van der Waals surface area contributed by atoms with Crippen molar-refractivity contribution in [3.8, 4) is 0 Å². The first kappa shape index (κ1) is 33.1. The van der Waals surface area contributed by atoms with Gasteiger partial charge >= 0.3 is 0 Å². The van der Waals surface area contributed by atoms with Crippen molar-refractivity contribution < 1.29 is 18.5 Å². The topological polar surface area (TPSA) is 58.6 Å². The first-order valence-electron chi connectivity index (χ1n) is 14.7. The molecule has 0 fully saturated rings. The Morgan fingerprint density at radius 3 is 0.879 bits per heavy atom. The zero-order valence-corrected chi connectivity index (χ0v) is 23.4. The smallest absolute Gasteiger partial charge is 0.267 e. The second-order valence-electron chi connectivity index (χ2n) is 9.89.